The Morgan fingerprint density at radius 1 is 0.963 bits per heavy atom. The maximum atomic E-state index is 12.3. The van der Waals surface area contributed by atoms with Crippen LogP contribution in [-0.4, -0.2) is 22.5 Å². The second-order valence-corrected chi connectivity index (χ2v) is 7.16. The molecule has 0 saturated heterocycles. The van der Waals surface area contributed by atoms with Gasteiger partial charge in [-0.1, -0.05) is 76.8 Å². The van der Waals surface area contributed by atoms with Crippen molar-refractivity contribution in [2.24, 2.45) is 0 Å². The average Bonchev–Trinajstić information content (AvgIpc) is 2.66. The van der Waals surface area contributed by atoms with Crippen LogP contribution in [0.25, 0.3) is 10.9 Å². The monoisotopic (exact) mass is 372 g/mol. The second-order valence-electron chi connectivity index (χ2n) is 7.16. The van der Waals surface area contributed by atoms with Gasteiger partial charge in [0.25, 0.3) is 11.5 Å². The molecule has 0 bridgehead atoms. The van der Waals surface area contributed by atoms with Gasteiger partial charge in [0.2, 0.25) is 0 Å². The third kappa shape index (κ3) is 6.42. The first-order chi connectivity index (χ1) is 13.1. The van der Waals surface area contributed by atoms with Crippen molar-refractivity contribution in [2.45, 2.75) is 71.1 Å². The third-order valence-electron chi connectivity index (χ3n) is 4.94. The van der Waals surface area contributed by atoms with Gasteiger partial charge in [0.05, 0.1) is 5.52 Å². The lowest BCUT2D eigenvalue weighted by Crippen LogP contribution is -2.30. The highest BCUT2D eigenvalue weighted by atomic mass is 16.3. The predicted octanol–water partition coefficient (Wildman–Crippen LogP) is 4.88. The molecule has 0 unspecified atom stereocenters. The van der Waals surface area contributed by atoms with Crippen molar-refractivity contribution in [1.29, 1.82) is 0 Å². The maximum absolute atomic E-state index is 12.3. The van der Waals surface area contributed by atoms with Crippen LogP contribution < -0.4 is 10.9 Å². The van der Waals surface area contributed by atoms with Crippen LogP contribution in [0.2, 0.25) is 0 Å². The second kappa shape index (κ2) is 11.4. The fourth-order valence-electron chi connectivity index (χ4n) is 3.34. The molecule has 2 rings (SSSR count). The van der Waals surface area contributed by atoms with E-state index in [1.807, 2.05) is 0 Å². The molecule has 0 saturated carbocycles. The molecule has 1 aromatic carbocycles. The van der Waals surface area contributed by atoms with Crippen LogP contribution in [0.15, 0.2) is 29.1 Å². The predicted molar refractivity (Wildman–Crippen MR) is 110 cm³/mol. The number of aromatic amines is 1. The zero-order valence-corrected chi connectivity index (χ0v) is 16.4. The first kappa shape index (κ1) is 21.0. The fourth-order valence-corrected chi connectivity index (χ4v) is 3.34. The van der Waals surface area contributed by atoms with E-state index in [0.717, 1.165) is 12.8 Å². The van der Waals surface area contributed by atoms with Gasteiger partial charge in [-0.3, -0.25) is 9.59 Å². The molecule has 1 amide bonds. The van der Waals surface area contributed by atoms with Crippen LogP contribution in [0.5, 0.6) is 5.75 Å². The number of rotatable bonds is 12. The van der Waals surface area contributed by atoms with E-state index in [2.05, 4.69) is 17.2 Å². The number of hydrogen-bond donors (Lipinski definition) is 3. The smallest absolute Gasteiger partial charge is 0.265 e. The van der Waals surface area contributed by atoms with Gasteiger partial charge in [-0.2, -0.15) is 0 Å². The van der Waals surface area contributed by atoms with Crippen LogP contribution in [0.1, 0.15) is 81.5 Å². The van der Waals surface area contributed by atoms with E-state index in [-0.39, 0.29) is 11.3 Å². The molecule has 5 nitrogen and oxygen atoms in total. The van der Waals surface area contributed by atoms with Crippen molar-refractivity contribution >= 4 is 16.8 Å². The summed E-state index contributed by atoms with van der Waals surface area (Å²) in [5.74, 6) is -0.773. The Hall–Kier alpha value is -2.30. The maximum Gasteiger partial charge on any atom is 0.265 e. The highest BCUT2D eigenvalue weighted by Gasteiger charge is 2.18. The Kier molecular flexibility index (Phi) is 8.89. The summed E-state index contributed by atoms with van der Waals surface area (Å²) in [6.07, 6.45) is 12.3. The molecule has 27 heavy (non-hydrogen) atoms. The third-order valence-corrected chi connectivity index (χ3v) is 4.94. The van der Waals surface area contributed by atoms with E-state index < -0.39 is 11.5 Å². The van der Waals surface area contributed by atoms with Crippen molar-refractivity contribution in [2.75, 3.05) is 6.54 Å². The van der Waals surface area contributed by atoms with Gasteiger partial charge in [-0.25, -0.2) is 0 Å². The number of amides is 1. The Morgan fingerprint density at radius 2 is 1.56 bits per heavy atom. The van der Waals surface area contributed by atoms with Crippen molar-refractivity contribution in [3.63, 3.8) is 0 Å². The summed E-state index contributed by atoms with van der Waals surface area (Å²) < 4.78 is 0. The molecule has 0 spiro atoms. The number of benzene rings is 1. The number of fused-ring (bicyclic) bond motifs is 1. The molecular formula is C22H32N2O3. The van der Waals surface area contributed by atoms with Gasteiger partial charge in [0, 0.05) is 11.9 Å². The van der Waals surface area contributed by atoms with Gasteiger partial charge in [-0.15, -0.1) is 0 Å². The summed E-state index contributed by atoms with van der Waals surface area (Å²) in [4.78, 5) is 27.1. The van der Waals surface area contributed by atoms with Gasteiger partial charge < -0.3 is 15.4 Å². The van der Waals surface area contributed by atoms with E-state index >= 15 is 0 Å². The van der Waals surface area contributed by atoms with Crippen LogP contribution in [-0.2, 0) is 0 Å². The number of H-pyrrole nitrogens is 1. The molecule has 0 atom stereocenters. The molecule has 1 heterocycles. The normalized spacial score (nSPS) is 11.0. The molecule has 5 heteroatoms. The summed E-state index contributed by atoms with van der Waals surface area (Å²) in [6.45, 7) is 2.75. The molecule has 0 aliphatic rings. The number of unbranched alkanes of at least 4 members (excludes halogenated alkanes) is 9. The number of nitrogens with one attached hydrogen (secondary N) is 2. The summed E-state index contributed by atoms with van der Waals surface area (Å²) in [5.41, 5.74) is -0.251. The lowest BCUT2D eigenvalue weighted by atomic mass is 10.1. The average molecular weight is 373 g/mol. The van der Waals surface area contributed by atoms with Gasteiger partial charge >= 0.3 is 0 Å². The topological polar surface area (TPSA) is 82.2 Å². The molecule has 0 fully saturated rings. The van der Waals surface area contributed by atoms with E-state index in [0.29, 0.717) is 17.4 Å². The molecule has 0 aliphatic heterocycles. The fraction of sp³-hybridized carbons (Fsp3) is 0.545. The number of carbonyl (C=O) groups excluding carboxylic acids is 1. The van der Waals surface area contributed by atoms with E-state index in [1.54, 1.807) is 24.3 Å². The van der Waals surface area contributed by atoms with Crippen LogP contribution in [0.4, 0.5) is 0 Å². The number of carbonyl (C=O) groups is 1. The Balaban J connectivity index is 1.69. The van der Waals surface area contributed by atoms with E-state index in [4.69, 9.17) is 0 Å². The van der Waals surface area contributed by atoms with Crippen LogP contribution in [0, 0.1) is 0 Å². The molecule has 2 aromatic rings. The number of aromatic hydroxyl groups is 1. The summed E-state index contributed by atoms with van der Waals surface area (Å²) >= 11 is 0. The van der Waals surface area contributed by atoms with Gasteiger partial charge in [-0.05, 0) is 18.6 Å². The minimum absolute atomic E-state index is 0.208. The quantitative estimate of drug-likeness (QED) is 0.464. The first-order valence-corrected chi connectivity index (χ1v) is 10.3. The highest BCUT2D eigenvalue weighted by molar-refractivity contribution is 6.01. The molecule has 0 aliphatic carbocycles. The van der Waals surface area contributed by atoms with Gasteiger partial charge in [0.1, 0.15) is 11.3 Å². The summed E-state index contributed by atoms with van der Waals surface area (Å²) in [5, 5.41) is 13.5. The largest absolute Gasteiger partial charge is 0.506 e. The minimum atomic E-state index is -0.563. The first-order valence-electron chi connectivity index (χ1n) is 10.3. The Labute approximate surface area is 161 Å². The number of hydrogen-bond acceptors (Lipinski definition) is 3. The van der Waals surface area contributed by atoms with Crippen molar-refractivity contribution in [3.05, 3.63) is 40.2 Å². The lowest BCUT2D eigenvalue weighted by molar-refractivity contribution is 0.0949. The van der Waals surface area contributed by atoms with E-state index in [1.165, 1.54) is 51.4 Å². The number of pyridine rings is 1. The molecule has 148 valence electrons. The standard InChI is InChI=1S/C22H32N2O3/c1-2-3-4-5-6-7-8-9-10-13-16-23-21(26)19-20(25)17-14-11-12-15-18(17)24-22(19)27/h11-12,14-15H,2-10,13,16H2,1H3,(H,23,26)(H2,24,25,27). The number of aromatic nitrogens is 1. The molecule has 1 aromatic heterocycles. The zero-order valence-electron chi connectivity index (χ0n) is 16.4. The summed E-state index contributed by atoms with van der Waals surface area (Å²) in [7, 11) is 0. The van der Waals surface area contributed by atoms with Crippen LogP contribution in [0.3, 0.4) is 0 Å². The zero-order chi connectivity index (χ0) is 19.5. The highest BCUT2D eigenvalue weighted by Crippen LogP contribution is 2.24. The lowest BCUT2D eigenvalue weighted by Gasteiger charge is -2.08. The SMILES string of the molecule is CCCCCCCCCCCCNC(=O)c1c(O)c2ccccc2[nH]c1=O. The van der Waals surface area contributed by atoms with Crippen molar-refractivity contribution in [1.82, 2.24) is 10.3 Å². The molecular weight excluding hydrogens is 340 g/mol. The number of para-hydroxylation sites is 1. The summed E-state index contributed by atoms with van der Waals surface area (Å²) in [6, 6.07) is 6.90. The van der Waals surface area contributed by atoms with Gasteiger partial charge in [0.15, 0.2) is 0 Å². The van der Waals surface area contributed by atoms with Crippen molar-refractivity contribution < 1.29 is 9.90 Å². The van der Waals surface area contributed by atoms with E-state index in [9.17, 15) is 14.7 Å². The Bertz CT molecular complexity index is 783. The molecule has 0 radical (unpaired) electrons. The van der Waals surface area contributed by atoms with Crippen molar-refractivity contribution in [3.8, 4) is 5.75 Å². The minimum Gasteiger partial charge on any atom is -0.506 e. The van der Waals surface area contributed by atoms with Crippen LogP contribution >= 0.6 is 0 Å². The molecule has 3 N–H and O–H groups in total. The Morgan fingerprint density at radius 3 is 2.22 bits per heavy atom.